The lowest BCUT2D eigenvalue weighted by molar-refractivity contribution is 0.0603. The van der Waals surface area contributed by atoms with E-state index in [2.05, 4.69) is 12.2 Å². The van der Waals surface area contributed by atoms with Crippen molar-refractivity contribution in [2.24, 2.45) is 11.1 Å². The van der Waals surface area contributed by atoms with Gasteiger partial charge in [0.1, 0.15) is 15.4 Å². The molecule has 0 bridgehead atoms. The number of carbonyl (C=O) groups is 2. The quantitative estimate of drug-likeness (QED) is 0.708. The molecule has 0 aromatic carbocycles. The summed E-state index contributed by atoms with van der Waals surface area (Å²) in [6.07, 6.45) is 2.30. The zero-order valence-electron chi connectivity index (χ0n) is 10.9. The highest BCUT2D eigenvalue weighted by Gasteiger charge is 2.37. The van der Waals surface area contributed by atoms with Gasteiger partial charge in [0.25, 0.3) is 5.91 Å². The number of primary amides is 1. The lowest BCUT2D eigenvalue weighted by Crippen LogP contribution is -2.14. The third-order valence-corrected chi connectivity index (χ3v) is 4.52. The van der Waals surface area contributed by atoms with E-state index in [1.807, 2.05) is 0 Å². The fourth-order valence-corrected chi connectivity index (χ4v) is 2.70. The molecule has 1 heterocycles. The SMILES string of the molecule is COC(=O)c1c(NCC2(C)CC2)sc(C(N)=O)c1N. The predicted octanol–water partition coefficient (Wildman–Crippen LogP) is 1.43. The molecule has 0 radical (unpaired) electrons. The van der Waals surface area contributed by atoms with E-state index in [4.69, 9.17) is 16.2 Å². The van der Waals surface area contributed by atoms with E-state index in [1.165, 1.54) is 7.11 Å². The molecule has 1 aromatic heterocycles. The average molecular weight is 283 g/mol. The van der Waals surface area contributed by atoms with Gasteiger partial charge in [-0.25, -0.2) is 4.79 Å². The van der Waals surface area contributed by atoms with Gasteiger partial charge in [-0.05, 0) is 18.3 Å². The van der Waals surface area contributed by atoms with Crippen molar-refractivity contribution < 1.29 is 14.3 Å². The summed E-state index contributed by atoms with van der Waals surface area (Å²) in [5.41, 5.74) is 11.6. The van der Waals surface area contributed by atoms with Crippen LogP contribution in [0.5, 0.6) is 0 Å². The third-order valence-electron chi connectivity index (χ3n) is 3.34. The van der Waals surface area contributed by atoms with Crippen LogP contribution in [0, 0.1) is 5.41 Å². The van der Waals surface area contributed by atoms with Gasteiger partial charge in [0.05, 0.1) is 12.8 Å². The summed E-state index contributed by atoms with van der Waals surface area (Å²) >= 11 is 1.09. The maximum absolute atomic E-state index is 11.7. The molecule has 0 saturated heterocycles. The van der Waals surface area contributed by atoms with Crippen molar-refractivity contribution in [2.75, 3.05) is 24.7 Å². The van der Waals surface area contributed by atoms with Crippen molar-refractivity contribution in [3.05, 3.63) is 10.4 Å². The molecule has 2 rings (SSSR count). The minimum absolute atomic E-state index is 0.0906. The first-order chi connectivity index (χ1) is 8.88. The molecule has 0 spiro atoms. The lowest BCUT2D eigenvalue weighted by atomic mass is 10.1. The Hall–Kier alpha value is -1.76. The van der Waals surface area contributed by atoms with E-state index >= 15 is 0 Å². The van der Waals surface area contributed by atoms with E-state index in [0.717, 1.165) is 30.7 Å². The molecule has 104 valence electrons. The number of rotatable bonds is 5. The molecule has 1 amide bonds. The van der Waals surface area contributed by atoms with Crippen LogP contribution in [0.2, 0.25) is 0 Å². The Bertz CT molecular complexity index is 535. The van der Waals surface area contributed by atoms with Gasteiger partial charge in [-0.1, -0.05) is 6.92 Å². The summed E-state index contributed by atoms with van der Waals surface area (Å²) in [5, 5.41) is 3.72. The van der Waals surface area contributed by atoms with Gasteiger partial charge < -0.3 is 21.5 Å². The number of hydrogen-bond donors (Lipinski definition) is 3. The van der Waals surface area contributed by atoms with Crippen LogP contribution in [0.3, 0.4) is 0 Å². The van der Waals surface area contributed by atoms with Gasteiger partial charge >= 0.3 is 5.97 Å². The first-order valence-corrected chi connectivity index (χ1v) is 6.74. The first kappa shape index (κ1) is 13.7. The number of methoxy groups -OCH3 is 1. The maximum Gasteiger partial charge on any atom is 0.343 e. The van der Waals surface area contributed by atoms with Gasteiger partial charge in [0, 0.05) is 6.54 Å². The lowest BCUT2D eigenvalue weighted by Gasteiger charge is -2.11. The normalized spacial score (nSPS) is 15.9. The second kappa shape index (κ2) is 4.73. The number of amides is 1. The Morgan fingerprint density at radius 2 is 2.11 bits per heavy atom. The molecule has 7 heteroatoms. The van der Waals surface area contributed by atoms with Crippen LogP contribution in [0.15, 0.2) is 0 Å². The second-order valence-corrected chi connectivity index (χ2v) is 6.09. The molecule has 19 heavy (non-hydrogen) atoms. The number of hydrogen-bond acceptors (Lipinski definition) is 6. The van der Waals surface area contributed by atoms with Crippen molar-refractivity contribution >= 4 is 33.9 Å². The number of nitrogens with one attached hydrogen (secondary N) is 1. The van der Waals surface area contributed by atoms with Crippen LogP contribution in [0.1, 0.15) is 39.8 Å². The Kier molecular flexibility index (Phi) is 3.40. The molecule has 1 aromatic rings. The number of nitrogens with two attached hydrogens (primary N) is 2. The molecule has 0 aliphatic heterocycles. The molecular formula is C12H17N3O3S. The molecule has 1 fully saturated rings. The Morgan fingerprint density at radius 1 is 1.47 bits per heavy atom. The van der Waals surface area contributed by atoms with Crippen LogP contribution in [-0.2, 0) is 4.74 Å². The molecule has 6 nitrogen and oxygen atoms in total. The molecular weight excluding hydrogens is 266 g/mol. The Morgan fingerprint density at radius 3 is 2.58 bits per heavy atom. The molecule has 5 N–H and O–H groups in total. The number of esters is 1. The fraction of sp³-hybridized carbons (Fsp3) is 0.500. The zero-order valence-corrected chi connectivity index (χ0v) is 11.7. The summed E-state index contributed by atoms with van der Waals surface area (Å²) in [5.74, 6) is -1.21. The average Bonchev–Trinajstić information content (AvgIpc) is 2.99. The molecule has 0 unspecified atom stereocenters. The van der Waals surface area contributed by atoms with Gasteiger partial charge in [-0.3, -0.25) is 4.79 Å². The van der Waals surface area contributed by atoms with Gasteiger partial charge in [-0.15, -0.1) is 11.3 Å². The Balaban J connectivity index is 2.31. The molecule has 0 atom stereocenters. The number of ether oxygens (including phenoxy) is 1. The van der Waals surface area contributed by atoms with Crippen LogP contribution in [0.25, 0.3) is 0 Å². The maximum atomic E-state index is 11.7. The van der Waals surface area contributed by atoms with E-state index in [9.17, 15) is 9.59 Å². The number of nitrogen functional groups attached to an aromatic ring is 1. The topological polar surface area (TPSA) is 107 Å². The van der Waals surface area contributed by atoms with Gasteiger partial charge in [0.2, 0.25) is 0 Å². The van der Waals surface area contributed by atoms with Crippen molar-refractivity contribution in [3.63, 3.8) is 0 Å². The van der Waals surface area contributed by atoms with Crippen LogP contribution in [-0.4, -0.2) is 25.5 Å². The standard InChI is InChI=1S/C12H17N3O3S/c1-12(3-4-12)5-15-10-6(11(17)18-2)7(13)8(19-10)9(14)16/h15H,3-5,13H2,1-2H3,(H2,14,16). The molecule has 1 aliphatic carbocycles. The first-order valence-electron chi connectivity index (χ1n) is 5.92. The summed E-state index contributed by atoms with van der Waals surface area (Å²) in [4.78, 5) is 23.2. The fourth-order valence-electron chi connectivity index (χ4n) is 1.74. The van der Waals surface area contributed by atoms with Gasteiger partial charge in [-0.2, -0.15) is 0 Å². The minimum Gasteiger partial charge on any atom is -0.465 e. The summed E-state index contributed by atoms with van der Waals surface area (Å²) < 4.78 is 4.69. The third kappa shape index (κ3) is 2.65. The van der Waals surface area contributed by atoms with Crippen LogP contribution >= 0.6 is 11.3 Å². The highest BCUT2D eigenvalue weighted by atomic mass is 32.1. The van der Waals surface area contributed by atoms with Gasteiger partial charge in [0.15, 0.2) is 0 Å². The highest BCUT2D eigenvalue weighted by molar-refractivity contribution is 7.19. The van der Waals surface area contributed by atoms with E-state index in [-0.39, 0.29) is 21.5 Å². The summed E-state index contributed by atoms with van der Waals surface area (Å²) in [6.45, 7) is 2.89. The second-order valence-electron chi connectivity index (χ2n) is 5.07. The number of thiophene rings is 1. The van der Waals surface area contributed by atoms with Crippen molar-refractivity contribution in [1.29, 1.82) is 0 Å². The largest absolute Gasteiger partial charge is 0.465 e. The minimum atomic E-state index is -0.640. The van der Waals surface area contributed by atoms with Crippen molar-refractivity contribution in [3.8, 4) is 0 Å². The summed E-state index contributed by atoms with van der Waals surface area (Å²) in [6, 6.07) is 0. The van der Waals surface area contributed by atoms with E-state index in [1.54, 1.807) is 0 Å². The van der Waals surface area contributed by atoms with Crippen molar-refractivity contribution in [1.82, 2.24) is 0 Å². The van der Waals surface area contributed by atoms with Crippen molar-refractivity contribution in [2.45, 2.75) is 19.8 Å². The predicted molar refractivity (Wildman–Crippen MR) is 74.4 cm³/mol. The number of carbonyl (C=O) groups excluding carboxylic acids is 2. The van der Waals surface area contributed by atoms with E-state index < -0.39 is 11.9 Å². The van der Waals surface area contributed by atoms with Crippen LogP contribution in [0.4, 0.5) is 10.7 Å². The smallest absolute Gasteiger partial charge is 0.343 e. The zero-order chi connectivity index (χ0) is 14.2. The van der Waals surface area contributed by atoms with E-state index in [0.29, 0.717) is 5.00 Å². The van der Waals surface area contributed by atoms with Crippen LogP contribution < -0.4 is 16.8 Å². The monoisotopic (exact) mass is 283 g/mol. The Labute approximate surface area is 115 Å². The molecule has 1 saturated carbocycles. The highest BCUT2D eigenvalue weighted by Crippen LogP contribution is 2.46. The number of anilines is 2. The summed E-state index contributed by atoms with van der Waals surface area (Å²) in [7, 11) is 1.27. The molecule has 1 aliphatic rings.